The quantitative estimate of drug-likeness (QED) is 0.751. The average Bonchev–Trinajstić information content (AvgIpc) is 2.37. The van der Waals surface area contributed by atoms with Crippen LogP contribution >= 0.6 is 11.8 Å². The van der Waals surface area contributed by atoms with Crippen molar-refractivity contribution in [1.29, 1.82) is 0 Å². The van der Waals surface area contributed by atoms with Gasteiger partial charge in [-0.2, -0.15) is 0 Å². The minimum absolute atomic E-state index is 0.327. The summed E-state index contributed by atoms with van der Waals surface area (Å²) in [7, 11) is 0. The monoisotopic (exact) mass is 273 g/mol. The number of benzene rings is 1. The van der Waals surface area contributed by atoms with Gasteiger partial charge >= 0.3 is 0 Å². The number of rotatable bonds is 7. The lowest BCUT2D eigenvalue weighted by Crippen LogP contribution is -2.36. The van der Waals surface area contributed by atoms with Crippen LogP contribution in [-0.2, 0) is 0 Å². The Labute approximate surface area is 112 Å². The van der Waals surface area contributed by atoms with Crippen molar-refractivity contribution in [2.24, 2.45) is 5.92 Å². The van der Waals surface area contributed by atoms with Gasteiger partial charge in [0.2, 0.25) is 0 Å². The minimum Gasteiger partial charge on any atom is -0.313 e. The van der Waals surface area contributed by atoms with E-state index in [1.807, 2.05) is 0 Å². The standard InChI is InChI=1S/C14H21F2NS/c1-4-10(3)13(17-5-2)9-18-14-8-11(15)6-7-12(14)16/h6-8,10,13,17H,4-5,9H2,1-3H3. The first-order valence-electron chi connectivity index (χ1n) is 6.39. The first-order chi connectivity index (χ1) is 8.58. The Kier molecular flexibility index (Phi) is 6.65. The van der Waals surface area contributed by atoms with E-state index in [0.717, 1.165) is 24.8 Å². The molecule has 1 rings (SSSR count). The van der Waals surface area contributed by atoms with Crippen molar-refractivity contribution >= 4 is 11.8 Å². The third kappa shape index (κ3) is 4.58. The molecule has 0 bridgehead atoms. The molecule has 0 saturated carbocycles. The second kappa shape index (κ2) is 7.74. The summed E-state index contributed by atoms with van der Waals surface area (Å²) in [6, 6.07) is 3.92. The van der Waals surface area contributed by atoms with Gasteiger partial charge in [0, 0.05) is 16.7 Å². The summed E-state index contributed by atoms with van der Waals surface area (Å²) >= 11 is 1.38. The van der Waals surface area contributed by atoms with Crippen LogP contribution in [0, 0.1) is 17.6 Å². The zero-order valence-corrected chi connectivity index (χ0v) is 12.0. The fraction of sp³-hybridized carbons (Fsp3) is 0.571. The van der Waals surface area contributed by atoms with E-state index in [9.17, 15) is 8.78 Å². The molecule has 18 heavy (non-hydrogen) atoms. The maximum Gasteiger partial charge on any atom is 0.136 e. The lowest BCUT2D eigenvalue weighted by atomic mass is 10.0. The van der Waals surface area contributed by atoms with E-state index >= 15 is 0 Å². The van der Waals surface area contributed by atoms with E-state index in [-0.39, 0.29) is 11.6 Å². The zero-order valence-electron chi connectivity index (χ0n) is 11.2. The molecule has 4 heteroatoms. The van der Waals surface area contributed by atoms with Crippen molar-refractivity contribution in [2.75, 3.05) is 12.3 Å². The smallest absolute Gasteiger partial charge is 0.136 e. The Morgan fingerprint density at radius 1 is 1.28 bits per heavy atom. The molecular weight excluding hydrogens is 252 g/mol. The van der Waals surface area contributed by atoms with E-state index in [2.05, 4.69) is 26.1 Å². The molecule has 0 saturated heterocycles. The second-order valence-electron chi connectivity index (χ2n) is 4.44. The Hall–Kier alpha value is -0.610. The van der Waals surface area contributed by atoms with Crippen LogP contribution in [0.15, 0.2) is 23.1 Å². The molecule has 2 atom stereocenters. The lowest BCUT2D eigenvalue weighted by Gasteiger charge is -2.23. The molecule has 1 aromatic carbocycles. The minimum atomic E-state index is -0.387. The van der Waals surface area contributed by atoms with E-state index in [0.29, 0.717) is 16.9 Å². The second-order valence-corrected chi connectivity index (χ2v) is 5.50. The van der Waals surface area contributed by atoms with Crippen molar-refractivity contribution in [1.82, 2.24) is 5.32 Å². The van der Waals surface area contributed by atoms with Gasteiger partial charge in [-0.05, 0) is 30.7 Å². The van der Waals surface area contributed by atoms with E-state index in [1.54, 1.807) is 0 Å². The molecule has 2 unspecified atom stereocenters. The van der Waals surface area contributed by atoms with Crippen molar-refractivity contribution < 1.29 is 8.78 Å². The molecular formula is C14H21F2NS. The summed E-state index contributed by atoms with van der Waals surface area (Å²) in [4.78, 5) is 0.390. The Morgan fingerprint density at radius 3 is 2.61 bits per heavy atom. The van der Waals surface area contributed by atoms with Gasteiger partial charge in [0.1, 0.15) is 11.6 Å². The highest BCUT2D eigenvalue weighted by atomic mass is 32.2. The van der Waals surface area contributed by atoms with Crippen molar-refractivity contribution in [3.63, 3.8) is 0 Å². The fourth-order valence-electron chi connectivity index (χ4n) is 1.74. The summed E-state index contributed by atoms with van der Waals surface area (Å²) in [5.41, 5.74) is 0. The van der Waals surface area contributed by atoms with Gasteiger partial charge < -0.3 is 5.32 Å². The van der Waals surface area contributed by atoms with Crippen LogP contribution in [-0.4, -0.2) is 18.3 Å². The van der Waals surface area contributed by atoms with Crippen LogP contribution in [0.3, 0.4) is 0 Å². The van der Waals surface area contributed by atoms with Gasteiger partial charge in [0.25, 0.3) is 0 Å². The first-order valence-corrected chi connectivity index (χ1v) is 7.38. The van der Waals surface area contributed by atoms with Gasteiger partial charge in [-0.1, -0.05) is 27.2 Å². The van der Waals surface area contributed by atoms with Gasteiger partial charge in [0.15, 0.2) is 0 Å². The van der Waals surface area contributed by atoms with Crippen LogP contribution in [0.5, 0.6) is 0 Å². The third-order valence-electron chi connectivity index (χ3n) is 3.11. The highest BCUT2D eigenvalue weighted by molar-refractivity contribution is 7.99. The number of nitrogens with one attached hydrogen (secondary N) is 1. The molecule has 0 aliphatic rings. The number of thioether (sulfide) groups is 1. The summed E-state index contributed by atoms with van der Waals surface area (Å²) in [6.07, 6.45) is 1.07. The third-order valence-corrected chi connectivity index (χ3v) is 4.26. The SMILES string of the molecule is CCNC(CSc1cc(F)ccc1F)C(C)CC. The molecule has 1 nitrogen and oxygen atoms in total. The summed E-state index contributed by atoms with van der Waals surface area (Å²) in [5.74, 6) is 0.542. The average molecular weight is 273 g/mol. The van der Waals surface area contributed by atoms with Crippen LogP contribution in [0.4, 0.5) is 8.78 Å². The molecule has 0 amide bonds. The molecule has 1 aromatic rings. The highest BCUT2D eigenvalue weighted by Gasteiger charge is 2.16. The summed E-state index contributed by atoms with van der Waals surface area (Å²) in [6.45, 7) is 7.27. The predicted octanol–water partition coefficient (Wildman–Crippen LogP) is 4.08. The lowest BCUT2D eigenvalue weighted by molar-refractivity contribution is 0.404. The predicted molar refractivity (Wildman–Crippen MR) is 74.0 cm³/mol. The van der Waals surface area contributed by atoms with Gasteiger partial charge in [0.05, 0.1) is 0 Å². The fourth-order valence-corrected chi connectivity index (χ4v) is 2.95. The number of hydrogen-bond acceptors (Lipinski definition) is 2. The molecule has 0 fully saturated rings. The first kappa shape index (κ1) is 15.4. The zero-order chi connectivity index (χ0) is 13.5. The molecule has 0 spiro atoms. The maximum atomic E-state index is 13.5. The molecule has 0 heterocycles. The van der Waals surface area contributed by atoms with Gasteiger partial charge in [-0.15, -0.1) is 11.8 Å². The van der Waals surface area contributed by atoms with Crippen LogP contribution < -0.4 is 5.32 Å². The maximum absolute atomic E-state index is 13.5. The Morgan fingerprint density at radius 2 is 2.00 bits per heavy atom. The van der Waals surface area contributed by atoms with E-state index in [1.165, 1.54) is 23.9 Å². The largest absolute Gasteiger partial charge is 0.313 e. The Balaban J connectivity index is 2.63. The van der Waals surface area contributed by atoms with Gasteiger partial charge in [-0.25, -0.2) is 8.78 Å². The van der Waals surface area contributed by atoms with Crippen LogP contribution in [0.1, 0.15) is 27.2 Å². The van der Waals surface area contributed by atoms with E-state index < -0.39 is 0 Å². The van der Waals surface area contributed by atoms with Crippen LogP contribution in [0.2, 0.25) is 0 Å². The molecule has 102 valence electrons. The summed E-state index contributed by atoms with van der Waals surface area (Å²) in [5, 5.41) is 3.40. The topological polar surface area (TPSA) is 12.0 Å². The van der Waals surface area contributed by atoms with Crippen molar-refractivity contribution in [3.8, 4) is 0 Å². The number of halogens is 2. The van der Waals surface area contributed by atoms with Crippen molar-refractivity contribution in [2.45, 2.75) is 38.1 Å². The van der Waals surface area contributed by atoms with Gasteiger partial charge in [-0.3, -0.25) is 0 Å². The summed E-state index contributed by atoms with van der Waals surface area (Å²) < 4.78 is 26.5. The highest BCUT2D eigenvalue weighted by Crippen LogP contribution is 2.25. The Bertz CT molecular complexity index is 371. The molecule has 0 aliphatic heterocycles. The molecule has 0 aliphatic carbocycles. The van der Waals surface area contributed by atoms with Crippen LogP contribution in [0.25, 0.3) is 0 Å². The van der Waals surface area contributed by atoms with E-state index in [4.69, 9.17) is 0 Å². The molecule has 0 radical (unpaired) electrons. The molecule has 1 N–H and O–H groups in total. The number of hydrogen-bond donors (Lipinski definition) is 1. The molecule has 0 aromatic heterocycles. The van der Waals surface area contributed by atoms with Crippen molar-refractivity contribution in [3.05, 3.63) is 29.8 Å². The normalized spacial score (nSPS) is 14.5.